The highest BCUT2D eigenvalue weighted by molar-refractivity contribution is 5.10. The quantitative estimate of drug-likeness (QED) is 0.899. The van der Waals surface area contributed by atoms with E-state index >= 15 is 0 Å². The minimum atomic E-state index is -0.635. The molecule has 2 saturated heterocycles. The Morgan fingerprint density at radius 3 is 2.59 bits per heavy atom. The topological polar surface area (TPSA) is 67.7 Å². The Bertz CT molecular complexity index is 497. The minimum absolute atomic E-state index is 0.115. The molecule has 3 heterocycles. The number of aromatic nitrogens is 2. The number of hydrogen-bond donors (Lipinski definition) is 1. The summed E-state index contributed by atoms with van der Waals surface area (Å²) in [6.07, 6.45) is 1.29. The second-order valence-electron chi connectivity index (χ2n) is 6.44. The van der Waals surface area contributed by atoms with E-state index in [-0.39, 0.29) is 6.10 Å². The summed E-state index contributed by atoms with van der Waals surface area (Å²) in [4.78, 5) is 11.3. The summed E-state index contributed by atoms with van der Waals surface area (Å²) < 4.78 is 11.2. The fourth-order valence-electron chi connectivity index (χ4n) is 3.23. The summed E-state index contributed by atoms with van der Waals surface area (Å²) in [7, 11) is 0. The summed E-state index contributed by atoms with van der Waals surface area (Å²) in [6, 6.07) is 1.97. The molecule has 1 N–H and O–H groups in total. The van der Waals surface area contributed by atoms with Gasteiger partial charge >= 0.3 is 0 Å². The number of β-amino-alcohol motifs (C(OH)–C–C–N with tert-alkyl or cyclic N) is 1. The van der Waals surface area contributed by atoms with Crippen molar-refractivity contribution in [3.63, 3.8) is 0 Å². The molecule has 1 atom stereocenters. The Morgan fingerprint density at radius 2 is 1.91 bits per heavy atom. The van der Waals surface area contributed by atoms with E-state index in [9.17, 15) is 5.11 Å². The molecular weight excluding hydrogens is 282 g/mol. The molecule has 0 unspecified atom stereocenters. The number of rotatable bonds is 3. The summed E-state index contributed by atoms with van der Waals surface area (Å²) in [5, 5.41) is 10.7. The van der Waals surface area contributed by atoms with Crippen molar-refractivity contribution in [3.8, 4) is 0 Å². The molecular formula is C16H25N3O3. The summed E-state index contributed by atoms with van der Waals surface area (Å²) in [5.41, 5.74) is 1.29. The van der Waals surface area contributed by atoms with E-state index in [1.54, 1.807) is 0 Å². The molecule has 2 aliphatic rings. The number of aliphatic hydroxyl groups is 1. The molecule has 2 aliphatic heterocycles. The van der Waals surface area contributed by atoms with Gasteiger partial charge in [0.25, 0.3) is 0 Å². The van der Waals surface area contributed by atoms with Gasteiger partial charge in [-0.15, -0.1) is 0 Å². The van der Waals surface area contributed by atoms with Crippen LogP contribution in [0.2, 0.25) is 0 Å². The van der Waals surface area contributed by atoms with Crippen LogP contribution in [-0.4, -0.2) is 65.0 Å². The predicted octanol–water partition coefficient (Wildman–Crippen LogP) is 1.01. The molecule has 0 saturated carbocycles. The van der Waals surface area contributed by atoms with Crippen molar-refractivity contribution in [1.82, 2.24) is 14.9 Å². The van der Waals surface area contributed by atoms with Crippen molar-refractivity contribution in [1.29, 1.82) is 0 Å². The monoisotopic (exact) mass is 307 g/mol. The van der Waals surface area contributed by atoms with Crippen LogP contribution < -0.4 is 0 Å². The van der Waals surface area contributed by atoms with Gasteiger partial charge in [0.1, 0.15) is 6.10 Å². The van der Waals surface area contributed by atoms with Crippen LogP contribution >= 0.6 is 0 Å². The first-order valence-corrected chi connectivity index (χ1v) is 8.00. The second-order valence-corrected chi connectivity index (χ2v) is 6.44. The Morgan fingerprint density at radius 1 is 1.23 bits per heavy atom. The number of morpholine rings is 1. The van der Waals surface area contributed by atoms with E-state index in [1.807, 2.05) is 19.9 Å². The molecule has 6 heteroatoms. The molecule has 0 aromatic carbocycles. The highest BCUT2D eigenvalue weighted by Gasteiger charge is 2.34. The van der Waals surface area contributed by atoms with Crippen molar-refractivity contribution >= 4 is 0 Å². The summed E-state index contributed by atoms with van der Waals surface area (Å²) >= 11 is 0. The van der Waals surface area contributed by atoms with Crippen LogP contribution in [0.4, 0.5) is 0 Å². The van der Waals surface area contributed by atoms with Crippen LogP contribution in [0.15, 0.2) is 6.07 Å². The van der Waals surface area contributed by atoms with Gasteiger partial charge in [-0.1, -0.05) is 0 Å². The van der Waals surface area contributed by atoms with Gasteiger partial charge in [0.05, 0.1) is 12.2 Å². The molecule has 2 fully saturated rings. The maximum atomic E-state index is 10.7. The van der Waals surface area contributed by atoms with E-state index in [0.29, 0.717) is 39.2 Å². The fourth-order valence-corrected chi connectivity index (χ4v) is 3.23. The van der Waals surface area contributed by atoms with Crippen LogP contribution in [0.3, 0.4) is 0 Å². The van der Waals surface area contributed by atoms with Gasteiger partial charge in [0.15, 0.2) is 5.82 Å². The lowest BCUT2D eigenvalue weighted by atomic mass is 9.93. The van der Waals surface area contributed by atoms with Gasteiger partial charge in [-0.05, 0) is 19.9 Å². The summed E-state index contributed by atoms with van der Waals surface area (Å²) in [6.45, 7) is 8.12. The minimum Gasteiger partial charge on any atom is -0.388 e. The maximum absolute atomic E-state index is 10.7. The maximum Gasteiger partial charge on any atom is 0.158 e. The normalized spacial score (nSPS) is 26.0. The van der Waals surface area contributed by atoms with Crippen LogP contribution in [0.1, 0.15) is 36.2 Å². The first kappa shape index (κ1) is 15.8. The van der Waals surface area contributed by atoms with Crippen molar-refractivity contribution in [2.75, 3.05) is 39.5 Å². The van der Waals surface area contributed by atoms with Gasteiger partial charge in [-0.3, -0.25) is 4.90 Å². The highest BCUT2D eigenvalue weighted by Crippen LogP contribution is 2.25. The molecule has 0 radical (unpaired) electrons. The number of ether oxygens (including phenoxy) is 2. The van der Waals surface area contributed by atoms with Gasteiger partial charge < -0.3 is 14.6 Å². The lowest BCUT2D eigenvalue weighted by Crippen LogP contribution is -2.50. The van der Waals surface area contributed by atoms with Crippen LogP contribution in [0, 0.1) is 13.8 Å². The second kappa shape index (κ2) is 6.58. The average Bonchev–Trinajstić information content (AvgIpc) is 2.47. The Kier molecular flexibility index (Phi) is 4.73. The lowest BCUT2D eigenvalue weighted by molar-refractivity contribution is -0.104. The zero-order valence-corrected chi connectivity index (χ0v) is 13.4. The molecule has 122 valence electrons. The van der Waals surface area contributed by atoms with E-state index in [0.717, 1.165) is 30.3 Å². The van der Waals surface area contributed by atoms with Crippen molar-refractivity contribution in [2.24, 2.45) is 0 Å². The Balaban J connectivity index is 1.66. The highest BCUT2D eigenvalue weighted by atomic mass is 16.5. The van der Waals surface area contributed by atoms with Crippen molar-refractivity contribution in [2.45, 2.75) is 38.4 Å². The third-order valence-electron chi connectivity index (χ3n) is 4.38. The van der Waals surface area contributed by atoms with E-state index < -0.39 is 5.60 Å². The molecule has 0 bridgehead atoms. The van der Waals surface area contributed by atoms with Crippen LogP contribution in [-0.2, 0) is 9.47 Å². The van der Waals surface area contributed by atoms with Gasteiger partial charge in [0.2, 0.25) is 0 Å². The third kappa shape index (κ3) is 3.81. The molecule has 0 spiro atoms. The van der Waals surface area contributed by atoms with Crippen LogP contribution in [0.25, 0.3) is 0 Å². The van der Waals surface area contributed by atoms with Gasteiger partial charge in [-0.2, -0.15) is 0 Å². The molecule has 0 aliphatic carbocycles. The first-order chi connectivity index (χ1) is 10.5. The number of hydrogen-bond acceptors (Lipinski definition) is 6. The zero-order chi connectivity index (χ0) is 15.6. The third-order valence-corrected chi connectivity index (χ3v) is 4.38. The average molecular weight is 307 g/mol. The Labute approximate surface area is 131 Å². The fraction of sp³-hybridized carbons (Fsp3) is 0.750. The molecule has 1 aromatic rings. The molecule has 1 aromatic heterocycles. The standard InChI is InChI=1S/C16H25N3O3/c1-12-9-13(2)18-15(17-12)14-10-19(5-8-22-14)11-16(20)3-6-21-7-4-16/h9,14,20H,3-8,10-11H2,1-2H3/t14-/m0/s1. The smallest absolute Gasteiger partial charge is 0.158 e. The van der Waals surface area contributed by atoms with Crippen molar-refractivity contribution in [3.05, 3.63) is 23.3 Å². The lowest BCUT2D eigenvalue weighted by Gasteiger charge is -2.40. The molecule has 3 rings (SSSR count). The SMILES string of the molecule is Cc1cc(C)nc([C@@H]2CN(CC3(O)CCOCC3)CCO2)n1. The number of aryl methyl sites for hydroxylation is 2. The largest absolute Gasteiger partial charge is 0.388 e. The molecule has 0 amide bonds. The zero-order valence-electron chi connectivity index (χ0n) is 13.4. The van der Waals surface area contributed by atoms with Crippen LogP contribution in [0.5, 0.6) is 0 Å². The summed E-state index contributed by atoms with van der Waals surface area (Å²) in [5.74, 6) is 0.751. The van der Waals surface area contributed by atoms with E-state index in [1.165, 1.54) is 0 Å². The van der Waals surface area contributed by atoms with Gasteiger partial charge in [0, 0.05) is 57.1 Å². The van der Waals surface area contributed by atoms with Gasteiger partial charge in [-0.25, -0.2) is 9.97 Å². The molecule has 22 heavy (non-hydrogen) atoms. The number of nitrogens with zero attached hydrogens (tertiary/aromatic N) is 3. The predicted molar refractivity (Wildman–Crippen MR) is 81.6 cm³/mol. The van der Waals surface area contributed by atoms with E-state index in [4.69, 9.17) is 9.47 Å². The Hall–Kier alpha value is -1.08. The first-order valence-electron chi connectivity index (χ1n) is 8.00. The molecule has 6 nitrogen and oxygen atoms in total. The van der Waals surface area contributed by atoms with E-state index in [2.05, 4.69) is 14.9 Å². The van der Waals surface area contributed by atoms with Crippen molar-refractivity contribution < 1.29 is 14.6 Å².